The zero-order valence-corrected chi connectivity index (χ0v) is 16.0. The van der Waals surface area contributed by atoms with Gasteiger partial charge in [0.25, 0.3) is 5.91 Å². The largest absolute Gasteiger partial charge is 0.463 e. The molecule has 2 heterocycles. The van der Waals surface area contributed by atoms with Crippen LogP contribution in [0.2, 0.25) is 0 Å². The molecule has 2 aromatic heterocycles. The van der Waals surface area contributed by atoms with E-state index in [-0.39, 0.29) is 5.91 Å². The van der Waals surface area contributed by atoms with Crippen LogP contribution in [-0.4, -0.2) is 21.6 Å². The molecule has 0 atom stereocenters. The van der Waals surface area contributed by atoms with Crippen molar-refractivity contribution in [1.29, 1.82) is 0 Å². The fraction of sp³-hybridized carbons (Fsp3) is 0.0952. The highest BCUT2D eigenvalue weighted by Gasteiger charge is 2.07. The van der Waals surface area contributed by atoms with E-state index in [2.05, 4.69) is 20.5 Å². The third-order valence-corrected chi connectivity index (χ3v) is 5.11. The minimum atomic E-state index is -0.262. The normalized spacial score (nSPS) is 11.7. The van der Waals surface area contributed by atoms with E-state index in [9.17, 15) is 4.79 Å². The molecule has 0 saturated heterocycles. The SMILES string of the molecule is C/C(=N/NC(=O)c1ccc(CSc2nc3ccccc3[nH]2)cc1)c1ccco1. The second-order valence-electron chi connectivity index (χ2n) is 6.16. The molecule has 0 radical (unpaired) electrons. The number of nitrogens with one attached hydrogen (secondary N) is 2. The number of hydrogen-bond donors (Lipinski definition) is 2. The minimum absolute atomic E-state index is 0.262. The number of rotatable bonds is 6. The average molecular weight is 390 g/mol. The molecule has 0 unspecified atom stereocenters. The van der Waals surface area contributed by atoms with Crippen molar-refractivity contribution in [3.8, 4) is 0 Å². The van der Waals surface area contributed by atoms with Gasteiger partial charge in [-0.2, -0.15) is 5.10 Å². The Hall–Kier alpha value is -3.32. The van der Waals surface area contributed by atoms with E-state index in [1.54, 1.807) is 49.2 Å². The van der Waals surface area contributed by atoms with Crippen molar-refractivity contribution < 1.29 is 9.21 Å². The molecule has 4 aromatic rings. The van der Waals surface area contributed by atoms with Crippen LogP contribution in [-0.2, 0) is 5.75 Å². The van der Waals surface area contributed by atoms with Gasteiger partial charge >= 0.3 is 0 Å². The van der Waals surface area contributed by atoms with Gasteiger partial charge in [0.2, 0.25) is 0 Å². The Labute approximate surface area is 166 Å². The molecule has 0 saturated carbocycles. The van der Waals surface area contributed by atoms with Gasteiger partial charge in [0.15, 0.2) is 5.16 Å². The molecule has 6 nitrogen and oxygen atoms in total. The zero-order chi connectivity index (χ0) is 19.3. The highest BCUT2D eigenvalue weighted by molar-refractivity contribution is 7.98. The first-order chi connectivity index (χ1) is 13.7. The standard InChI is InChI=1S/C21H18N4O2S/c1-14(19-7-4-12-27-19)24-25-20(26)16-10-8-15(9-11-16)13-28-21-22-17-5-2-3-6-18(17)23-21/h2-12H,13H2,1H3,(H,22,23)(H,25,26)/b24-14-. The first kappa shape index (κ1) is 18.1. The van der Waals surface area contributed by atoms with E-state index >= 15 is 0 Å². The first-order valence-corrected chi connectivity index (χ1v) is 9.72. The lowest BCUT2D eigenvalue weighted by Gasteiger charge is -2.03. The average Bonchev–Trinajstić information content (AvgIpc) is 3.40. The molecule has 140 valence electrons. The Bertz CT molecular complexity index is 1080. The number of fused-ring (bicyclic) bond motifs is 1. The number of amides is 1. The van der Waals surface area contributed by atoms with E-state index in [0.717, 1.165) is 27.5 Å². The second kappa shape index (κ2) is 8.14. The maximum Gasteiger partial charge on any atom is 0.271 e. The number of hydrogen-bond acceptors (Lipinski definition) is 5. The number of nitrogens with zero attached hydrogens (tertiary/aromatic N) is 2. The number of carbonyl (C=O) groups is 1. The maximum atomic E-state index is 12.2. The highest BCUT2D eigenvalue weighted by Crippen LogP contribution is 2.23. The summed E-state index contributed by atoms with van der Waals surface area (Å²) in [7, 11) is 0. The van der Waals surface area contributed by atoms with Crippen molar-refractivity contribution >= 4 is 34.4 Å². The molecular weight excluding hydrogens is 372 g/mol. The molecule has 28 heavy (non-hydrogen) atoms. The minimum Gasteiger partial charge on any atom is -0.463 e. The number of H-pyrrole nitrogens is 1. The van der Waals surface area contributed by atoms with E-state index < -0.39 is 0 Å². The highest BCUT2D eigenvalue weighted by atomic mass is 32.2. The van der Waals surface area contributed by atoms with Gasteiger partial charge in [-0.05, 0) is 48.9 Å². The lowest BCUT2D eigenvalue weighted by Crippen LogP contribution is -2.19. The van der Waals surface area contributed by atoms with Crippen LogP contribution >= 0.6 is 11.8 Å². The Morgan fingerprint density at radius 2 is 1.96 bits per heavy atom. The number of para-hydroxylation sites is 2. The summed E-state index contributed by atoms with van der Waals surface area (Å²) in [5.41, 5.74) is 6.81. The van der Waals surface area contributed by atoms with Gasteiger partial charge in [-0.3, -0.25) is 4.79 Å². The summed E-state index contributed by atoms with van der Waals surface area (Å²) in [5.74, 6) is 1.12. The van der Waals surface area contributed by atoms with Crippen LogP contribution in [0.5, 0.6) is 0 Å². The first-order valence-electron chi connectivity index (χ1n) is 8.74. The van der Waals surface area contributed by atoms with Gasteiger partial charge in [0.1, 0.15) is 11.5 Å². The van der Waals surface area contributed by atoms with Crippen LogP contribution in [0, 0.1) is 0 Å². The number of benzene rings is 2. The number of thioether (sulfide) groups is 1. The Morgan fingerprint density at radius 3 is 2.71 bits per heavy atom. The molecule has 0 aliphatic rings. The molecule has 0 aliphatic heterocycles. The van der Waals surface area contributed by atoms with Gasteiger partial charge in [-0.25, -0.2) is 10.4 Å². The topological polar surface area (TPSA) is 83.3 Å². The van der Waals surface area contributed by atoms with Crippen LogP contribution in [0.3, 0.4) is 0 Å². The van der Waals surface area contributed by atoms with Gasteiger partial charge in [0.05, 0.1) is 17.3 Å². The molecule has 0 spiro atoms. The Kier molecular flexibility index (Phi) is 5.25. The van der Waals surface area contributed by atoms with E-state index in [0.29, 0.717) is 17.0 Å². The summed E-state index contributed by atoms with van der Waals surface area (Å²) < 4.78 is 5.24. The molecule has 1 amide bonds. The van der Waals surface area contributed by atoms with Crippen molar-refractivity contribution in [2.24, 2.45) is 5.10 Å². The number of aromatic nitrogens is 2. The van der Waals surface area contributed by atoms with Crippen LogP contribution in [0.1, 0.15) is 28.6 Å². The molecule has 7 heteroatoms. The van der Waals surface area contributed by atoms with Crippen molar-refractivity contribution in [3.63, 3.8) is 0 Å². The quantitative estimate of drug-likeness (QED) is 0.286. The smallest absolute Gasteiger partial charge is 0.271 e. The fourth-order valence-electron chi connectivity index (χ4n) is 2.64. The second-order valence-corrected chi connectivity index (χ2v) is 7.12. The van der Waals surface area contributed by atoms with Crippen molar-refractivity contribution in [1.82, 2.24) is 15.4 Å². The zero-order valence-electron chi connectivity index (χ0n) is 15.2. The Balaban J connectivity index is 1.35. The lowest BCUT2D eigenvalue weighted by molar-refractivity contribution is 0.0955. The molecule has 0 bridgehead atoms. The van der Waals surface area contributed by atoms with E-state index in [1.807, 2.05) is 36.4 Å². The molecule has 4 rings (SSSR count). The van der Waals surface area contributed by atoms with Crippen LogP contribution in [0.4, 0.5) is 0 Å². The maximum absolute atomic E-state index is 12.2. The summed E-state index contributed by atoms with van der Waals surface area (Å²) in [4.78, 5) is 20.1. The van der Waals surface area contributed by atoms with Crippen LogP contribution in [0.15, 0.2) is 81.6 Å². The fourth-order valence-corrected chi connectivity index (χ4v) is 3.48. The van der Waals surface area contributed by atoms with Crippen molar-refractivity contribution in [2.75, 3.05) is 0 Å². The predicted molar refractivity (Wildman–Crippen MR) is 110 cm³/mol. The summed E-state index contributed by atoms with van der Waals surface area (Å²) in [5, 5.41) is 4.95. The third kappa shape index (κ3) is 4.15. The molecule has 2 N–H and O–H groups in total. The molecule has 0 fully saturated rings. The molecular formula is C21H18N4O2S. The van der Waals surface area contributed by atoms with Gasteiger partial charge in [-0.15, -0.1) is 0 Å². The van der Waals surface area contributed by atoms with Crippen LogP contribution < -0.4 is 5.43 Å². The van der Waals surface area contributed by atoms with E-state index in [1.165, 1.54) is 0 Å². The lowest BCUT2D eigenvalue weighted by atomic mass is 10.1. The van der Waals surface area contributed by atoms with Gasteiger partial charge < -0.3 is 9.40 Å². The van der Waals surface area contributed by atoms with Crippen LogP contribution in [0.25, 0.3) is 11.0 Å². The van der Waals surface area contributed by atoms with Crippen molar-refractivity contribution in [2.45, 2.75) is 17.8 Å². The molecule has 0 aliphatic carbocycles. The summed E-state index contributed by atoms with van der Waals surface area (Å²) in [6.45, 7) is 1.78. The summed E-state index contributed by atoms with van der Waals surface area (Å²) >= 11 is 1.63. The summed E-state index contributed by atoms with van der Waals surface area (Å²) in [6, 6.07) is 19.0. The number of carbonyl (C=O) groups excluding carboxylic acids is 1. The molecule has 2 aromatic carbocycles. The number of imidazole rings is 1. The Morgan fingerprint density at radius 1 is 1.14 bits per heavy atom. The third-order valence-electron chi connectivity index (χ3n) is 4.16. The van der Waals surface area contributed by atoms with E-state index in [4.69, 9.17) is 4.42 Å². The number of hydrazone groups is 1. The van der Waals surface area contributed by atoms with Gasteiger partial charge in [0, 0.05) is 11.3 Å². The predicted octanol–water partition coefficient (Wildman–Crippen LogP) is 4.60. The summed E-state index contributed by atoms with van der Waals surface area (Å²) in [6.07, 6.45) is 1.57. The monoisotopic (exact) mass is 390 g/mol. The van der Waals surface area contributed by atoms with Gasteiger partial charge in [-0.1, -0.05) is 36.0 Å². The number of furan rings is 1. The number of aromatic amines is 1. The van der Waals surface area contributed by atoms with Crippen molar-refractivity contribution in [3.05, 3.63) is 83.8 Å².